The van der Waals surface area contributed by atoms with Gasteiger partial charge >= 0.3 is 5.63 Å². The van der Waals surface area contributed by atoms with Gasteiger partial charge in [-0.2, -0.15) is 0 Å². The summed E-state index contributed by atoms with van der Waals surface area (Å²) in [5.41, 5.74) is 2.90. The highest BCUT2D eigenvalue weighted by molar-refractivity contribution is 5.92. The largest absolute Gasteiger partial charge is 0.497 e. The predicted octanol–water partition coefficient (Wildman–Crippen LogP) is 3.82. The zero-order valence-corrected chi connectivity index (χ0v) is 17.0. The molecule has 3 aromatic rings. The third-order valence-corrected chi connectivity index (χ3v) is 4.89. The van der Waals surface area contributed by atoms with Crippen LogP contribution in [0.3, 0.4) is 0 Å². The summed E-state index contributed by atoms with van der Waals surface area (Å²) in [6.45, 7) is 5.43. The Kier molecular flexibility index (Phi) is 6.67. The van der Waals surface area contributed by atoms with E-state index in [4.69, 9.17) is 9.15 Å². The van der Waals surface area contributed by atoms with E-state index in [1.807, 2.05) is 30.0 Å². The minimum atomic E-state index is -0.375. The maximum absolute atomic E-state index is 12.5. The first-order valence-corrected chi connectivity index (χ1v) is 9.74. The third-order valence-electron chi connectivity index (χ3n) is 4.89. The van der Waals surface area contributed by atoms with E-state index in [1.165, 1.54) is 6.07 Å². The van der Waals surface area contributed by atoms with Crippen molar-refractivity contribution in [2.24, 2.45) is 0 Å². The molecule has 6 nitrogen and oxygen atoms in total. The summed E-state index contributed by atoms with van der Waals surface area (Å²) in [6.07, 6.45) is 0.872. The van der Waals surface area contributed by atoms with E-state index in [9.17, 15) is 9.59 Å². The van der Waals surface area contributed by atoms with Gasteiger partial charge in [-0.15, -0.1) is 0 Å². The van der Waals surface area contributed by atoms with E-state index in [-0.39, 0.29) is 18.1 Å². The minimum Gasteiger partial charge on any atom is -0.497 e. The van der Waals surface area contributed by atoms with Gasteiger partial charge < -0.3 is 14.5 Å². The number of carbonyl (C=O) groups excluding carboxylic acids is 1. The molecule has 1 amide bonds. The van der Waals surface area contributed by atoms with Crippen molar-refractivity contribution in [2.75, 3.05) is 25.5 Å². The van der Waals surface area contributed by atoms with E-state index < -0.39 is 0 Å². The smallest absolute Gasteiger partial charge is 0.336 e. The van der Waals surface area contributed by atoms with Gasteiger partial charge in [0, 0.05) is 23.7 Å². The molecule has 0 bridgehead atoms. The van der Waals surface area contributed by atoms with Crippen LogP contribution >= 0.6 is 0 Å². The van der Waals surface area contributed by atoms with Gasteiger partial charge in [0.05, 0.1) is 13.7 Å². The average Bonchev–Trinajstić information content (AvgIpc) is 2.73. The van der Waals surface area contributed by atoms with Crippen LogP contribution in [-0.4, -0.2) is 31.0 Å². The summed E-state index contributed by atoms with van der Waals surface area (Å²) in [7, 11) is 1.60. The average molecular weight is 394 g/mol. The molecule has 1 heterocycles. The Morgan fingerprint density at radius 2 is 1.86 bits per heavy atom. The molecule has 0 saturated carbocycles. The van der Waals surface area contributed by atoms with Gasteiger partial charge in [0.15, 0.2) is 0 Å². The zero-order chi connectivity index (χ0) is 20.8. The monoisotopic (exact) mass is 394 g/mol. The van der Waals surface area contributed by atoms with Gasteiger partial charge in [-0.3, -0.25) is 9.69 Å². The first-order chi connectivity index (χ1) is 14.0. The van der Waals surface area contributed by atoms with Gasteiger partial charge in [0.1, 0.15) is 11.3 Å². The van der Waals surface area contributed by atoms with Crippen molar-refractivity contribution in [1.29, 1.82) is 0 Å². The van der Waals surface area contributed by atoms with Crippen LogP contribution in [0.4, 0.5) is 5.69 Å². The molecule has 3 rings (SSSR count). The number of nitrogens with zero attached hydrogens (tertiary/aromatic N) is 1. The fraction of sp³-hybridized carbons (Fsp3) is 0.304. The number of anilines is 1. The number of ether oxygens (including phenoxy) is 1. The number of rotatable bonds is 8. The molecular formula is C23H26N2O4. The normalized spacial score (nSPS) is 11.0. The molecular weight excluding hydrogens is 368 g/mol. The van der Waals surface area contributed by atoms with Crippen molar-refractivity contribution in [3.05, 3.63) is 70.1 Å². The Hall–Kier alpha value is -3.12. The van der Waals surface area contributed by atoms with Crippen LogP contribution in [0.15, 0.2) is 57.7 Å². The molecule has 0 unspecified atom stereocenters. The van der Waals surface area contributed by atoms with Crippen LogP contribution in [0, 0.1) is 0 Å². The van der Waals surface area contributed by atoms with E-state index in [2.05, 4.69) is 12.2 Å². The van der Waals surface area contributed by atoms with Gasteiger partial charge in [-0.05, 0) is 54.4 Å². The van der Waals surface area contributed by atoms with Crippen molar-refractivity contribution in [3.8, 4) is 5.75 Å². The first-order valence-electron chi connectivity index (χ1n) is 9.74. The van der Waals surface area contributed by atoms with E-state index >= 15 is 0 Å². The number of aryl methyl sites for hydroxylation is 1. The van der Waals surface area contributed by atoms with Crippen molar-refractivity contribution >= 4 is 22.6 Å². The number of fused-ring (bicyclic) bond motifs is 1. The molecule has 0 saturated heterocycles. The molecule has 152 valence electrons. The Morgan fingerprint density at radius 1 is 1.10 bits per heavy atom. The third kappa shape index (κ3) is 5.23. The van der Waals surface area contributed by atoms with Crippen molar-refractivity contribution < 1.29 is 13.9 Å². The van der Waals surface area contributed by atoms with Crippen LogP contribution in [0.2, 0.25) is 0 Å². The highest BCUT2D eigenvalue weighted by atomic mass is 16.5. The lowest BCUT2D eigenvalue weighted by molar-refractivity contribution is -0.117. The summed E-state index contributed by atoms with van der Waals surface area (Å²) in [5, 5.41) is 3.79. The quantitative estimate of drug-likeness (QED) is 0.588. The molecule has 2 aromatic carbocycles. The second-order valence-corrected chi connectivity index (χ2v) is 6.85. The molecule has 0 aliphatic carbocycles. The molecule has 6 heteroatoms. The van der Waals surface area contributed by atoms with Crippen LogP contribution in [-0.2, 0) is 17.8 Å². The first kappa shape index (κ1) is 20.6. The number of methoxy groups -OCH3 is 1. The molecule has 29 heavy (non-hydrogen) atoms. The van der Waals surface area contributed by atoms with E-state index in [0.29, 0.717) is 24.4 Å². The van der Waals surface area contributed by atoms with Crippen molar-refractivity contribution in [1.82, 2.24) is 4.90 Å². The number of benzene rings is 2. The Balaban J connectivity index is 1.73. The molecule has 0 fully saturated rings. The molecule has 1 aromatic heterocycles. The maximum Gasteiger partial charge on any atom is 0.336 e. The summed E-state index contributed by atoms with van der Waals surface area (Å²) in [5.74, 6) is 0.622. The van der Waals surface area contributed by atoms with E-state index in [0.717, 1.165) is 28.7 Å². The number of hydrogen-bond acceptors (Lipinski definition) is 5. The Bertz CT molecular complexity index is 1040. The minimum absolute atomic E-state index is 0.113. The van der Waals surface area contributed by atoms with Crippen LogP contribution < -0.4 is 15.7 Å². The van der Waals surface area contributed by atoms with Gasteiger partial charge in [-0.25, -0.2) is 4.79 Å². The van der Waals surface area contributed by atoms with Crippen LogP contribution in [0.25, 0.3) is 11.0 Å². The maximum atomic E-state index is 12.5. The molecule has 1 N–H and O–H groups in total. The van der Waals surface area contributed by atoms with Crippen molar-refractivity contribution in [3.63, 3.8) is 0 Å². The Morgan fingerprint density at radius 3 is 2.52 bits per heavy atom. The van der Waals surface area contributed by atoms with Crippen molar-refractivity contribution in [2.45, 2.75) is 26.8 Å². The highest BCUT2D eigenvalue weighted by Crippen LogP contribution is 2.21. The lowest BCUT2D eigenvalue weighted by Crippen LogP contribution is -2.33. The van der Waals surface area contributed by atoms with Gasteiger partial charge in [0.25, 0.3) is 0 Å². The van der Waals surface area contributed by atoms with Crippen LogP contribution in [0.5, 0.6) is 5.75 Å². The number of nitrogens with one attached hydrogen (secondary N) is 1. The number of hydrogen-bond donors (Lipinski definition) is 1. The second-order valence-electron chi connectivity index (χ2n) is 6.85. The molecule has 0 aliphatic rings. The number of likely N-dealkylation sites (N-methyl/N-ethyl adjacent to an activating group) is 1. The zero-order valence-electron chi connectivity index (χ0n) is 17.0. The summed E-state index contributed by atoms with van der Waals surface area (Å²) >= 11 is 0. The highest BCUT2D eigenvalue weighted by Gasteiger charge is 2.14. The Labute approximate surface area is 170 Å². The fourth-order valence-electron chi connectivity index (χ4n) is 3.22. The lowest BCUT2D eigenvalue weighted by atomic mass is 10.1. The van der Waals surface area contributed by atoms with Gasteiger partial charge in [0.2, 0.25) is 5.91 Å². The van der Waals surface area contributed by atoms with Gasteiger partial charge in [-0.1, -0.05) is 26.0 Å². The lowest BCUT2D eigenvalue weighted by Gasteiger charge is -2.20. The molecule has 0 radical (unpaired) electrons. The number of amides is 1. The van der Waals surface area contributed by atoms with E-state index in [1.54, 1.807) is 31.4 Å². The molecule has 0 atom stereocenters. The SMILES string of the molecule is CCc1ccc2c(CN(CC)CC(=O)Nc3ccc(OC)cc3)cc(=O)oc2c1. The summed E-state index contributed by atoms with van der Waals surface area (Å²) in [4.78, 5) is 26.5. The summed E-state index contributed by atoms with van der Waals surface area (Å²) < 4.78 is 10.5. The fourth-order valence-corrected chi connectivity index (χ4v) is 3.22. The second kappa shape index (κ2) is 9.39. The predicted molar refractivity (Wildman–Crippen MR) is 114 cm³/mol. The summed E-state index contributed by atoms with van der Waals surface area (Å²) in [6, 6.07) is 14.6. The standard InChI is InChI=1S/C23H26N2O4/c1-4-16-6-11-20-17(13-23(27)29-21(20)12-16)14-25(5-2)15-22(26)24-18-7-9-19(28-3)10-8-18/h6-13H,4-5,14-15H2,1-3H3,(H,24,26). The van der Waals surface area contributed by atoms with Crippen LogP contribution in [0.1, 0.15) is 25.0 Å². The molecule has 0 aliphatic heterocycles. The molecule has 0 spiro atoms. The topological polar surface area (TPSA) is 71.8 Å². The number of carbonyl (C=O) groups is 1.